The van der Waals surface area contributed by atoms with Crippen LogP contribution in [-0.2, 0) is 4.74 Å². The second kappa shape index (κ2) is 7.24. The second-order valence-corrected chi connectivity index (χ2v) is 7.08. The molecule has 1 amide bonds. The summed E-state index contributed by atoms with van der Waals surface area (Å²) in [5.41, 5.74) is 2.44. The SMILES string of the molecule is COC(=O)c1ccc(C(=O)Nc2cc(C)nn2-c2nc3ccccc3s2)cc1. The first-order valence-corrected chi connectivity index (χ1v) is 9.29. The number of aromatic nitrogens is 3. The van der Waals surface area contributed by atoms with Crippen molar-refractivity contribution in [2.45, 2.75) is 6.92 Å². The minimum atomic E-state index is -0.448. The Bertz CT molecular complexity index is 1140. The van der Waals surface area contributed by atoms with E-state index in [0.29, 0.717) is 22.1 Å². The van der Waals surface area contributed by atoms with Gasteiger partial charge in [-0.3, -0.25) is 4.79 Å². The molecule has 0 saturated heterocycles. The fraction of sp³-hybridized carbons (Fsp3) is 0.100. The van der Waals surface area contributed by atoms with Crippen LogP contribution < -0.4 is 5.32 Å². The van der Waals surface area contributed by atoms with Crippen LogP contribution in [0.15, 0.2) is 54.6 Å². The number of esters is 1. The van der Waals surface area contributed by atoms with Gasteiger partial charge in [0.15, 0.2) is 0 Å². The first-order chi connectivity index (χ1) is 13.5. The van der Waals surface area contributed by atoms with Crippen LogP contribution in [0.4, 0.5) is 5.82 Å². The molecule has 0 aliphatic heterocycles. The van der Waals surface area contributed by atoms with Gasteiger partial charge in [0, 0.05) is 11.6 Å². The maximum Gasteiger partial charge on any atom is 0.337 e. The number of carbonyl (C=O) groups excluding carboxylic acids is 2. The van der Waals surface area contributed by atoms with Gasteiger partial charge in [-0.25, -0.2) is 9.78 Å². The van der Waals surface area contributed by atoms with E-state index < -0.39 is 5.97 Å². The summed E-state index contributed by atoms with van der Waals surface area (Å²) < 4.78 is 7.34. The molecule has 140 valence electrons. The minimum absolute atomic E-state index is 0.307. The molecule has 1 N–H and O–H groups in total. The van der Waals surface area contributed by atoms with Gasteiger partial charge in [0.1, 0.15) is 5.82 Å². The zero-order valence-electron chi connectivity index (χ0n) is 15.2. The van der Waals surface area contributed by atoms with Crippen LogP contribution in [0, 0.1) is 6.92 Å². The van der Waals surface area contributed by atoms with Crippen LogP contribution in [0.2, 0.25) is 0 Å². The Balaban J connectivity index is 1.61. The van der Waals surface area contributed by atoms with Crippen molar-refractivity contribution < 1.29 is 14.3 Å². The Morgan fingerprint density at radius 1 is 1.07 bits per heavy atom. The van der Waals surface area contributed by atoms with Crippen molar-refractivity contribution in [1.29, 1.82) is 0 Å². The highest BCUT2D eigenvalue weighted by molar-refractivity contribution is 7.20. The van der Waals surface area contributed by atoms with Crippen molar-refractivity contribution in [3.05, 3.63) is 71.4 Å². The summed E-state index contributed by atoms with van der Waals surface area (Å²) >= 11 is 1.50. The third kappa shape index (κ3) is 3.37. The Kier molecular flexibility index (Phi) is 4.62. The topological polar surface area (TPSA) is 86.1 Å². The van der Waals surface area contributed by atoms with Gasteiger partial charge >= 0.3 is 5.97 Å². The molecule has 0 fully saturated rings. The minimum Gasteiger partial charge on any atom is -0.465 e. The molecule has 2 aromatic heterocycles. The molecule has 7 nitrogen and oxygen atoms in total. The second-order valence-electron chi connectivity index (χ2n) is 6.07. The largest absolute Gasteiger partial charge is 0.465 e. The molecular weight excluding hydrogens is 376 g/mol. The smallest absolute Gasteiger partial charge is 0.337 e. The number of rotatable bonds is 4. The number of ether oxygens (including phenoxy) is 1. The highest BCUT2D eigenvalue weighted by Crippen LogP contribution is 2.27. The number of thiazole rings is 1. The molecule has 0 atom stereocenters. The number of nitrogens with one attached hydrogen (secondary N) is 1. The molecule has 4 aromatic rings. The fourth-order valence-electron chi connectivity index (χ4n) is 2.75. The molecule has 0 aliphatic carbocycles. The van der Waals surface area contributed by atoms with E-state index >= 15 is 0 Å². The molecule has 8 heteroatoms. The average Bonchev–Trinajstić information content (AvgIpc) is 3.30. The van der Waals surface area contributed by atoms with Crippen molar-refractivity contribution in [2.24, 2.45) is 0 Å². The monoisotopic (exact) mass is 392 g/mol. The summed E-state index contributed by atoms with van der Waals surface area (Å²) in [7, 11) is 1.31. The molecule has 0 radical (unpaired) electrons. The van der Waals surface area contributed by atoms with Gasteiger partial charge in [0.25, 0.3) is 5.91 Å². The number of anilines is 1. The molecule has 28 heavy (non-hydrogen) atoms. The van der Waals surface area contributed by atoms with Gasteiger partial charge in [-0.05, 0) is 43.3 Å². The quantitative estimate of drug-likeness (QED) is 0.534. The van der Waals surface area contributed by atoms with E-state index in [1.54, 1.807) is 35.0 Å². The van der Waals surface area contributed by atoms with Crippen LogP contribution in [0.25, 0.3) is 15.3 Å². The predicted molar refractivity (Wildman–Crippen MR) is 107 cm³/mol. The Hall–Kier alpha value is -3.52. The van der Waals surface area contributed by atoms with E-state index in [0.717, 1.165) is 15.9 Å². The maximum absolute atomic E-state index is 12.6. The van der Waals surface area contributed by atoms with Crippen LogP contribution in [0.5, 0.6) is 0 Å². The molecule has 0 unspecified atom stereocenters. The van der Waals surface area contributed by atoms with E-state index in [2.05, 4.69) is 20.1 Å². The standard InChI is InChI=1S/C20H16N4O3S/c1-12-11-17(22-18(25)13-7-9-14(10-8-13)19(26)27-2)24(23-12)20-21-15-5-3-4-6-16(15)28-20/h3-11H,1-2H3,(H,22,25). The average molecular weight is 392 g/mol. The van der Waals surface area contributed by atoms with Crippen LogP contribution in [-0.4, -0.2) is 33.8 Å². The lowest BCUT2D eigenvalue weighted by Gasteiger charge is -2.07. The molecule has 0 bridgehead atoms. The van der Waals surface area contributed by atoms with E-state index in [1.807, 2.05) is 31.2 Å². The summed E-state index contributed by atoms with van der Waals surface area (Å²) in [4.78, 5) is 28.8. The Morgan fingerprint density at radius 3 is 2.50 bits per heavy atom. The molecule has 2 aromatic carbocycles. The summed E-state index contributed by atoms with van der Waals surface area (Å²) in [5.74, 6) is -0.228. The first-order valence-electron chi connectivity index (χ1n) is 8.47. The predicted octanol–water partition coefficient (Wildman–Crippen LogP) is 3.83. The van der Waals surface area contributed by atoms with Gasteiger partial charge < -0.3 is 10.1 Å². The van der Waals surface area contributed by atoms with Crippen molar-refractivity contribution in [3.8, 4) is 5.13 Å². The van der Waals surface area contributed by atoms with E-state index in [-0.39, 0.29) is 5.91 Å². The van der Waals surface area contributed by atoms with Crippen LogP contribution >= 0.6 is 11.3 Å². The number of hydrogen-bond acceptors (Lipinski definition) is 6. The number of hydrogen-bond donors (Lipinski definition) is 1. The third-order valence-electron chi connectivity index (χ3n) is 4.11. The normalized spacial score (nSPS) is 10.8. The molecule has 4 rings (SSSR count). The molecule has 0 saturated carbocycles. The molecule has 0 aliphatic rings. The highest BCUT2D eigenvalue weighted by Gasteiger charge is 2.16. The van der Waals surface area contributed by atoms with Crippen molar-refractivity contribution in [3.63, 3.8) is 0 Å². The van der Waals surface area contributed by atoms with Gasteiger partial charge in [-0.2, -0.15) is 9.78 Å². The fourth-order valence-corrected chi connectivity index (χ4v) is 3.68. The highest BCUT2D eigenvalue weighted by atomic mass is 32.1. The summed E-state index contributed by atoms with van der Waals surface area (Å²) in [6, 6.07) is 15.9. The summed E-state index contributed by atoms with van der Waals surface area (Å²) in [6.07, 6.45) is 0. The zero-order chi connectivity index (χ0) is 19.7. The zero-order valence-corrected chi connectivity index (χ0v) is 16.0. The van der Waals surface area contributed by atoms with Crippen LogP contribution in [0.1, 0.15) is 26.4 Å². The first kappa shape index (κ1) is 17.9. The lowest BCUT2D eigenvalue weighted by atomic mass is 10.1. The van der Waals surface area contributed by atoms with E-state index in [9.17, 15) is 9.59 Å². The summed E-state index contributed by atoms with van der Waals surface area (Å²) in [6.45, 7) is 1.85. The van der Waals surface area contributed by atoms with Crippen molar-refractivity contribution in [2.75, 3.05) is 12.4 Å². The van der Waals surface area contributed by atoms with Crippen molar-refractivity contribution >= 4 is 39.2 Å². The Labute approximate surface area is 164 Å². The summed E-state index contributed by atoms with van der Waals surface area (Å²) in [5, 5.41) is 8.00. The lowest BCUT2D eigenvalue weighted by Crippen LogP contribution is -2.15. The third-order valence-corrected chi connectivity index (χ3v) is 5.12. The number of fused-ring (bicyclic) bond motifs is 1. The van der Waals surface area contributed by atoms with Crippen molar-refractivity contribution in [1.82, 2.24) is 14.8 Å². The van der Waals surface area contributed by atoms with Gasteiger partial charge in [0.05, 0.1) is 28.6 Å². The molecule has 2 heterocycles. The van der Waals surface area contributed by atoms with Gasteiger partial charge in [-0.15, -0.1) is 0 Å². The number of methoxy groups -OCH3 is 1. The van der Waals surface area contributed by atoms with E-state index in [4.69, 9.17) is 0 Å². The number of benzene rings is 2. The number of carbonyl (C=O) groups is 2. The lowest BCUT2D eigenvalue weighted by molar-refractivity contribution is 0.0600. The van der Waals surface area contributed by atoms with Gasteiger partial charge in [-0.1, -0.05) is 23.5 Å². The molecular formula is C20H16N4O3S. The van der Waals surface area contributed by atoms with Gasteiger partial charge in [0.2, 0.25) is 5.13 Å². The van der Waals surface area contributed by atoms with Crippen LogP contribution in [0.3, 0.4) is 0 Å². The number of nitrogens with zero attached hydrogens (tertiary/aromatic N) is 3. The Morgan fingerprint density at radius 2 is 1.79 bits per heavy atom. The number of aryl methyl sites for hydroxylation is 1. The number of amides is 1. The maximum atomic E-state index is 12.6. The molecule has 0 spiro atoms. The number of para-hydroxylation sites is 1. The van der Waals surface area contributed by atoms with E-state index in [1.165, 1.54) is 18.4 Å².